The first-order chi connectivity index (χ1) is 7.74. The van der Waals surface area contributed by atoms with Gasteiger partial charge in [-0.25, -0.2) is 4.98 Å². The molecule has 4 heteroatoms. The number of hydrogen-bond acceptors (Lipinski definition) is 3. The second-order valence-electron chi connectivity index (χ2n) is 4.28. The molecule has 1 aromatic rings. The topological polar surface area (TPSA) is 39.1 Å². The average molecular weight is 225 g/mol. The van der Waals surface area contributed by atoms with E-state index in [0.717, 1.165) is 38.7 Å². The third kappa shape index (κ3) is 4.77. The van der Waals surface area contributed by atoms with Gasteiger partial charge in [-0.05, 0) is 12.8 Å². The average Bonchev–Trinajstić information content (AvgIpc) is 2.70. The first-order valence-corrected chi connectivity index (χ1v) is 6.02. The van der Waals surface area contributed by atoms with Gasteiger partial charge in [0.2, 0.25) is 0 Å². The van der Waals surface area contributed by atoms with E-state index in [9.17, 15) is 0 Å². The number of aryl methyl sites for hydroxylation is 1. The highest BCUT2D eigenvalue weighted by Gasteiger charge is 1.99. The van der Waals surface area contributed by atoms with Crippen molar-refractivity contribution in [2.24, 2.45) is 5.92 Å². The largest absolute Gasteiger partial charge is 0.380 e. The Morgan fingerprint density at radius 3 is 3.00 bits per heavy atom. The molecular weight excluding hydrogens is 202 g/mol. The maximum absolute atomic E-state index is 5.48. The van der Waals surface area contributed by atoms with Crippen LogP contribution in [0.2, 0.25) is 0 Å². The van der Waals surface area contributed by atoms with E-state index in [1.54, 1.807) is 0 Å². The minimum atomic E-state index is 0.610. The van der Waals surface area contributed by atoms with Crippen molar-refractivity contribution in [2.75, 3.05) is 19.8 Å². The molecule has 1 rings (SSSR count). The fourth-order valence-electron chi connectivity index (χ4n) is 1.46. The molecule has 0 aromatic carbocycles. The molecule has 0 spiro atoms. The van der Waals surface area contributed by atoms with Gasteiger partial charge >= 0.3 is 0 Å². The molecule has 0 unspecified atom stereocenters. The van der Waals surface area contributed by atoms with Gasteiger partial charge in [-0.2, -0.15) is 0 Å². The lowest BCUT2D eigenvalue weighted by atomic mass is 10.2. The van der Waals surface area contributed by atoms with E-state index in [4.69, 9.17) is 4.74 Å². The molecule has 0 aliphatic carbocycles. The van der Waals surface area contributed by atoms with Gasteiger partial charge < -0.3 is 14.6 Å². The Morgan fingerprint density at radius 2 is 2.31 bits per heavy atom. The summed E-state index contributed by atoms with van der Waals surface area (Å²) < 4.78 is 7.62. The van der Waals surface area contributed by atoms with E-state index < -0.39 is 0 Å². The van der Waals surface area contributed by atoms with Crippen LogP contribution in [0.25, 0.3) is 0 Å². The highest BCUT2D eigenvalue weighted by molar-refractivity contribution is 4.91. The van der Waals surface area contributed by atoms with Crippen LogP contribution in [0.15, 0.2) is 12.4 Å². The van der Waals surface area contributed by atoms with Crippen molar-refractivity contribution in [2.45, 2.75) is 33.9 Å². The summed E-state index contributed by atoms with van der Waals surface area (Å²) in [5.74, 6) is 1.70. The lowest BCUT2D eigenvalue weighted by Crippen LogP contribution is -2.22. The van der Waals surface area contributed by atoms with E-state index in [0.29, 0.717) is 5.92 Å². The van der Waals surface area contributed by atoms with Crippen molar-refractivity contribution in [3.8, 4) is 0 Å². The van der Waals surface area contributed by atoms with Crippen LogP contribution in [-0.2, 0) is 17.8 Å². The summed E-state index contributed by atoms with van der Waals surface area (Å²) in [5.41, 5.74) is 0. The molecule has 0 atom stereocenters. The van der Waals surface area contributed by atoms with Gasteiger partial charge in [0, 0.05) is 32.1 Å². The molecule has 92 valence electrons. The van der Waals surface area contributed by atoms with Gasteiger partial charge in [0.1, 0.15) is 5.82 Å². The molecule has 0 bridgehead atoms. The van der Waals surface area contributed by atoms with E-state index >= 15 is 0 Å². The summed E-state index contributed by atoms with van der Waals surface area (Å²) >= 11 is 0. The summed E-state index contributed by atoms with van der Waals surface area (Å²) in [5, 5.41) is 3.33. The van der Waals surface area contributed by atoms with Crippen LogP contribution in [0.5, 0.6) is 0 Å². The van der Waals surface area contributed by atoms with Gasteiger partial charge in [-0.15, -0.1) is 0 Å². The second kappa shape index (κ2) is 7.41. The van der Waals surface area contributed by atoms with Gasteiger partial charge in [0.15, 0.2) is 0 Å². The molecule has 1 aromatic heterocycles. The van der Waals surface area contributed by atoms with Crippen LogP contribution in [0.4, 0.5) is 0 Å². The summed E-state index contributed by atoms with van der Waals surface area (Å²) in [6.07, 6.45) is 3.85. The Labute approximate surface area is 98.0 Å². The lowest BCUT2D eigenvalue weighted by molar-refractivity contribution is 0.111. The standard InChI is InChI=1S/C12H23N3O/c1-4-15-7-5-14-12(15)9-13-6-8-16-10-11(2)3/h5,7,11,13H,4,6,8-10H2,1-3H3. The quantitative estimate of drug-likeness (QED) is 0.684. The van der Waals surface area contributed by atoms with Crippen molar-refractivity contribution in [3.05, 3.63) is 18.2 Å². The Morgan fingerprint density at radius 1 is 1.50 bits per heavy atom. The van der Waals surface area contributed by atoms with Gasteiger partial charge in [0.05, 0.1) is 13.2 Å². The Balaban J connectivity index is 2.07. The maximum Gasteiger partial charge on any atom is 0.122 e. The van der Waals surface area contributed by atoms with Crippen LogP contribution in [0.3, 0.4) is 0 Å². The van der Waals surface area contributed by atoms with Crippen molar-refractivity contribution in [1.82, 2.24) is 14.9 Å². The molecule has 0 saturated carbocycles. The zero-order valence-electron chi connectivity index (χ0n) is 10.6. The van der Waals surface area contributed by atoms with Crippen molar-refractivity contribution >= 4 is 0 Å². The summed E-state index contributed by atoms with van der Waals surface area (Å²) in [6, 6.07) is 0. The highest BCUT2D eigenvalue weighted by atomic mass is 16.5. The highest BCUT2D eigenvalue weighted by Crippen LogP contribution is 1.96. The lowest BCUT2D eigenvalue weighted by Gasteiger charge is -2.08. The summed E-state index contributed by atoms with van der Waals surface area (Å²) in [7, 11) is 0. The second-order valence-corrected chi connectivity index (χ2v) is 4.28. The first kappa shape index (κ1) is 13.2. The maximum atomic E-state index is 5.48. The SMILES string of the molecule is CCn1ccnc1CNCCOCC(C)C. The summed E-state index contributed by atoms with van der Waals surface area (Å²) in [4.78, 5) is 4.29. The Hall–Kier alpha value is -0.870. The number of ether oxygens (including phenoxy) is 1. The van der Waals surface area contributed by atoms with Crippen LogP contribution in [0, 0.1) is 5.92 Å². The third-order valence-corrected chi connectivity index (χ3v) is 2.30. The summed E-state index contributed by atoms with van der Waals surface area (Å²) in [6.45, 7) is 10.7. The van der Waals surface area contributed by atoms with Crippen LogP contribution in [0.1, 0.15) is 26.6 Å². The number of hydrogen-bond donors (Lipinski definition) is 1. The fraction of sp³-hybridized carbons (Fsp3) is 0.750. The smallest absolute Gasteiger partial charge is 0.122 e. The van der Waals surface area contributed by atoms with Gasteiger partial charge in [-0.3, -0.25) is 0 Å². The predicted octanol–water partition coefficient (Wildman–Crippen LogP) is 1.67. The molecule has 0 radical (unpaired) electrons. The van der Waals surface area contributed by atoms with Crippen molar-refractivity contribution in [1.29, 1.82) is 0 Å². The monoisotopic (exact) mass is 225 g/mol. The minimum Gasteiger partial charge on any atom is -0.380 e. The normalized spacial score (nSPS) is 11.2. The predicted molar refractivity (Wildman–Crippen MR) is 65.3 cm³/mol. The molecule has 0 aliphatic heterocycles. The molecule has 0 amide bonds. The Kier molecular flexibility index (Phi) is 6.11. The van der Waals surface area contributed by atoms with Crippen LogP contribution < -0.4 is 5.32 Å². The molecule has 0 fully saturated rings. The molecule has 4 nitrogen and oxygen atoms in total. The van der Waals surface area contributed by atoms with E-state index in [2.05, 4.69) is 35.6 Å². The number of nitrogens with zero attached hydrogens (tertiary/aromatic N) is 2. The van der Waals surface area contributed by atoms with Crippen LogP contribution >= 0.6 is 0 Å². The fourth-order valence-corrected chi connectivity index (χ4v) is 1.46. The molecular formula is C12H23N3O. The van der Waals surface area contributed by atoms with Crippen molar-refractivity contribution in [3.63, 3.8) is 0 Å². The van der Waals surface area contributed by atoms with Gasteiger partial charge in [0.25, 0.3) is 0 Å². The zero-order chi connectivity index (χ0) is 11.8. The van der Waals surface area contributed by atoms with E-state index in [1.165, 1.54) is 0 Å². The molecule has 0 aliphatic rings. The molecule has 1 heterocycles. The van der Waals surface area contributed by atoms with E-state index in [1.807, 2.05) is 12.4 Å². The number of imidazole rings is 1. The zero-order valence-corrected chi connectivity index (χ0v) is 10.6. The molecule has 16 heavy (non-hydrogen) atoms. The van der Waals surface area contributed by atoms with Gasteiger partial charge in [-0.1, -0.05) is 13.8 Å². The van der Waals surface area contributed by atoms with Crippen LogP contribution in [-0.4, -0.2) is 29.3 Å². The number of nitrogens with one attached hydrogen (secondary N) is 1. The van der Waals surface area contributed by atoms with E-state index in [-0.39, 0.29) is 0 Å². The minimum absolute atomic E-state index is 0.610. The number of rotatable bonds is 8. The molecule has 1 N–H and O–H groups in total. The first-order valence-electron chi connectivity index (χ1n) is 6.02. The van der Waals surface area contributed by atoms with Crippen molar-refractivity contribution < 1.29 is 4.74 Å². The number of aromatic nitrogens is 2. The molecule has 0 saturated heterocycles. The third-order valence-electron chi connectivity index (χ3n) is 2.30. The Bertz CT molecular complexity index is 284.